The molecule has 0 fully saturated rings. The van der Waals surface area contributed by atoms with Crippen molar-refractivity contribution < 1.29 is 36.9 Å². The van der Waals surface area contributed by atoms with Crippen LogP contribution in [0.25, 0.3) is 44.5 Å². The molecule has 0 N–H and O–H groups in total. The Balaban J connectivity index is 0.000000348. The van der Waals surface area contributed by atoms with Crippen molar-refractivity contribution in [2.45, 2.75) is 59.5 Å². The molecule has 0 spiro atoms. The van der Waals surface area contributed by atoms with E-state index >= 15 is 0 Å². The van der Waals surface area contributed by atoms with Gasteiger partial charge in [-0.1, -0.05) is 87.0 Å². The molecule has 3 aromatic carbocycles. The van der Waals surface area contributed by atoms with Crippen LogP contribution in [0, 0.1) is 26.0 Å². The molecule has 0 saturated carbocycles. The molecule has 0 unspecified atom stereocenters. The second-order valence-corrected chi connectivity index (χ2v) is 16.3. The van der Waals surface area contributed by atoms with Crippen LogP contribution in [0.1, 0.15) is 49.6 Å². The Morgan fingerprint density at radius 2 is 1.64 bits per heavy atom. The minimum absolute atomic E-state index is 0. The van der Waals surface area contributed by atoms with Crippen molar-refractivity contribution in [3.8, 4) is 22.5 Å². The van der Waals surface area contributed by atoms with E-state index in [1.54, 1.807) is 0 Å². The van der Waals surface area contributed by atoms with Crippen LogP contribution < -0.4 is 5.19 Å². The Morgan fingerprint density at radius 1 is 0.881 bits per heavy atom. The van der Waals surface area contributed by atoms with Crippen LogP contribution in [0.5, 0.6) is 0 Å². The fourth-order valence-corrected chi connectivity index (χ4v) is 6.36. The number of furan rings is 1. The summed E-state index contributed by atoms with van der Waals surface area (Å²) >= 11 is 0. The topological polar surface area (TPSA) is 38.9 Å². The largest absolute Gasteiger partial charge is 0.501 e. The first-order valence-electron chi connectivity index (χ1n) is 17.9. The zero-order valence-electron chi connectivity index (χ0n) is 33.2. The zero-order valence-corrected chi connectivity index (χ0v) is 27.6. The second-order valence-electron chi connectivity index (χ2n) is 11.3. The van der Waals surface area contributed by atoms with Gasteiger partial charge in [0.15, 0.2) is 0 Å². The SMILES string of the molecule is Cc1ccnc(-c2[c-]cccc2)c1.[2H]C([2H])([2H])C(c1cc(-c2[c-]cc([Si](C)(C)C)c3c2oc2ccccc23)ncc1C)(C([2H])([2H])[2H])C([2H])([2H])[2H].[Ir]. The molecule has 6 rings (SSSR count). The maximum absolute atomic E-state index is 8.13. The van der Waals surface area contributed by atoms with E-state index in [2.05, 4.69) is 54.7 Å². The molecule has 1 radical (unpaired) electrons. The van der Waals surface area contributed by atoms with Gasteiger partial charge in [0.05, 0.1) is 5.58 Å². The third kappa shape index (κ3) is 6.65. The standard InChI is InChI=1S/C25H28NOSi.C12H10N.Ir/c1-16-15-26-20(14-19(16)25(2,3)4)17-12-13-22(28(5,6)7)23-18-10-8-9-11-21(18)27-24(17)23;1-10-7-8-13-12(9-10)11-5-3-2-4-6-11;/h8-11,13-15H,1-7H3;2-5,7-9H,1H3;/q2*-1;/i2D3,3D3,4D3;;. The predicted octanol–water partition coefficient (Wildman–Crippen LogP) is 9.45. The molecule has 3 aromatic heterocycles. The quantitative estimate of drug-likeness (QED) is 0.134. The number of hydrogen-bond acceptors (Lipinski definition) is 3. The summed E-state index contributed by atoms with van der Waals surface area (Å²) in [5, 5.41) is 2.94. The number of benzene rings is 3. The van der Waals surface area contributed by atoms with E-state index < -0.39 is 34.0 Å². The Bertz CT molecular complexity index is 2120. The summed E-state index contributed by atoms with van der Waals surface area (Å²) in [6.07, 6.45) is 3.14. The average Bonchev–Trinajstić information content (AvgIpc) is 3.40. The van der Waals surface area contributed by atoms with Crippen LogP contribution in [-0.4, -0.2) is 18.0 Å². The van der Waals surface area contributed by atoms with Gasteiger partial charge in [0.25, 0.3) is 0 Å². The first-order chi connectivity index (χ1) is 23.2. The van der Waals surface area contributed by atoms with E-state index in [0.29, 0.717) is 16.7 Å². The molecule has 0 saturated heterocycles. The molecular weight excluding hydrogens is 709 g/mol. The van der Waals surface area contributed by atoms with Gasteiger partial charge in [-0.05, 0) is 53.9 Å². The van der Waals surface area contributed by atoms with Crippen molar-refractivity contribution in [1.29, 1.82) is 0 Å². The number of hydrogen-bond donors (Lipinski definition) is 0. The number of aryl methyl sites for hydroxylation is 2. The summed E-state index contributed by atoms with van der Waals surface area (Å²) in [4.78, 5) is 8.73. The summed E-state index contributed by atoms with van der Waals surface area (Å²) in [5.41, 5.74) is 1.72. The van der Waals surface area contributed by atoms with Gasteiger partial charge >= 0.3 is 0 Å². The van der Waals surface area contributed by atoms with Crippen molar-refractivity contribution in [1.82, 2.24) is 9.97 Å². The number of rotatable bonds is 3. The maximum atomic E-state index is 8.13. The summed E-state index contributed by atoms with van der Waals surface area (Å²) in [7, 11) is -1.86. The van der Waals surface area contributed by atoms with Crippen molar-refractivity contribution in [3.63, 3.8) is 0 Å². The minimum atomic E-state index is -3.37. The van der Waals surface area contributed by atoms with E-state index in [4.69, 9.17) is 16.8 Å². The van der Waals surface area contributed by atoms with Crippen LogP contribution in [0.2, 0.25) is 19.6 Å². The summed E-state index contributed by atoms with van der Waals surface area (Å²) in [5.74, 6) is 0. The molecule has 42 heavy (non-hydrogen) atoms. The molecule has 0 amide bonds. The van der Waals surface area contributed by atoms with Gasteiger partial charge in [-0.15, -0.1) is 53.2 Å². The number of aromatic nitrogens is 2. The third-order valence-electron chi connectivity index (χ3n) is 6.92. The molecule has 5 heteroatoms. The van der Waals surface area contributed by atoms with Gasteiger partial charge in [-0.25, -0.2) is 0 Å². The smallest absolute Gasteiger partial charge is 0.120 e. The number of para-hydroxylation sites is 1. The predicted molar refractivity (Wildman–Crippen MR) is 175 cm³/mol. The Labute approximate surface area is 277 Å². The summed E-state index contributed by atoms with van der Waals surface area (Å²) in [6, 6.07) is 29.1. The Hall–Kier alpha value is -3.37. The number of fused-ring (bicyclic) bond motifs is 3. The van der Waals surface area contributed by atoms with Crippen molar-refractivity contribution in [2.24, 2.45) is 0 Å². The average molecular weight is 756 g/mol. The van der Waals surface area contributed by atoms with Crippen LogP contribution in [0.3, 0.4) is 0 Å². The van der Waals surface area contributed by atoms with E-state index in [0.717, 1.165) is 27.2 Å². The molecule has 6 aromatic rings. The van der Waals surface area contributed by atoms with E-state index in [1.807, 2.05) is 66.9 Å². The zero-order chi connectivity index (χ0) is 36.9. The summed E-state index contributed by atoms with van der Waals surface area (Å²) in [6.45, 7) is 0.0455. The Morgan fingerprint density at radius 3 is 2.33 bits per heavy atom. The minimum Gasteiger partial charge on any atom is -0.501 e. The van der Waals surface area contributed by atoms with Crippen molar-refractivity contribution >= 4 is 35.2 Å². The van der Waals surface area contributed by atoms with Crippen LogP contribution in [-0.2, 0) is 25.5 Å². The van der Waals surface area contributed by atoms with Gasteiger partial charge in [0.2, 0.25) is 0 Å². The molecule has 3 heterocycles. The van der Waals surface area contributed by atoms with Gasteiger partial charge in [-0.2, -0.15) is 0 Å². The summed E-state index contributed by atoms with van der Waals surface area (Å²) < 4.78 is 79.4. The number of nitrogens with zero attached hydrogens (tertiary/aromatic N) is 2. The normalized spacial score (nSPS) is 15.7. The van der Waals surface area contributed by atoms with Crippen LogP contribution >= 0.6 is 0 Å². The maximum Gasteiger partial charge on any atom is 0.120 e. The molecule has 0 bridgehead atoms. The molecular formula is C37H38IrN2OSi-2. The van der Waals surface area contributed by atoms with Gasteiger partial charge in [0.1, 0.15) is 5.58 Å². The monoisotopic (exact) mass is 756 g/mol. The van der Waals surface area contributed by atoms with E-state index in [-0.39, 0.29) is 36.9 Å². The van der Waals surface area contributed by atoms with Crippen LogP contribution in [0.4, 0.5) is 0 Å². The fourth-order valence-electron chi connectivity index (χ4n) is 4.85. The molecule has 0 aliphatic carbocycles. The molecule has 0 aliphatic heterocycles. The molecule has 3 nitrogen and oxygen atoms in total. The van der Waals surface area contributed by atoms with Crippen molar-refractivity contribution in [3.05, 3.63) is 114 Å². The van der Waals surface area contributed by atoms with Crippen molar-refractivity contribution in [2.75, 3.05) is 0 Å². The first-order valence-corrected chi connectivity index (χ1v) is 16.9. The third-order valence-corrected chi connectivity index (χ3v) is 8.93. The second kappa shape index (κ2) is 12.5. The molecule has 0 atom stereocenters. The molecule has 0 aliphatic rings. The van der Waals surface area contributed by atoms with E-state index in [9.17, 15) is 0 Å². The van der Waals surface area contributed by atoms with Gasteiger partial charge in [-0.3, -0.25) is 0 Å². The van der Waals surface area contributed by atoms with Crippen LogP contribution in [0.15, 0.2) is 89.6 Å². The molecule has 217 valence electrons. The first kappa shape index (κ1) is 21.3. The Kier molecular flexibility index (Phi) is 6.33. The van der Waals surface area contributed by atoms with Gasteiger partial charge in [0, 0.05) is 58.3 Å². The fraction of sp³-hybridized carbons (Fsp3) is 0.243. The number of pyridine rings is 2. The van der Waals surface area contributed by atoms with E-state index in [1.165, 1.54) is 24.8 Å². The van der Waals surface area contributed by atoms with Gasteiger partial charge < -0.3 is 14.4 Å².